The highest BCUT2D eigenvalue weighted by Crippen LogP contribution is 2.00. The van der Waals surface area contributed by atoms with Gasteiger partial charge >= 0.3 is 0 Å². The van der Waals surface area contributed by atoms with Crippen molar-refractivity contribution in [3.8, 4) is 0 Å². The third kappa shape index (κ3) is 1.27. The summed E-state index contributed by atoms with van der Waals surface area (Å²) >= 11 is 5.42. The van der Waals surface area contributed by atoms with Crippen LogP contribution in [0, 0.1) is 0 Å². The Bertz CT molecular complexity index is 96.3. The first-order valence-corrected chi connectivity index (χ1v) is 2.50. The van der Waals surface area contributed by atoms with Crippen molar-refractivity contribution in [1.82, 2.24) is 0 Å². The van der Waals surface area contributed by atoms with Crippen LogP contribution in [0.1, 0.15) is 6.42 Å². The molecule has 0 bridgehead atoms. The molecule has 0 N–H and O–H groups in total. The second kappa shape index (κ2) is 2.07. The molecule has 7 heavy (non-hydrogen) atoms. The van der Waals surface area contributed by atoms with E-state index >= 15 is 0 Å². The molecule has 1 aliphatic rings. The molecular weight excluding hydrogens is 112 g/mol. The van der Waals surface area contributed by atoms with Crippen LogP contribution in [0.15, 0.2) is 9.98 Å². The van der Waals surface area contributed by atoms with E-state index in [1.807, 2.05) is 0 Å². The van der Waals surface area contributed by atoms with Gasteiger partial charge in [0.2, 0.25) is 5.62 Å². The van der Waals surface area contributed by atoms with Gasteiger partial charge < -0.3 is 0 Å². The summed E-state index contributed by atoms with van der Waals surface area (Å²) in [7, 11) is 0. The van der Waals surface area contributed by atoms with E-state index in [2.05, 4.69) is 9.98 Å². The van der Waals surface area contributed by atoms with Crippen molar-refractivity contribution in [3.05, 3.63) is 0 Å². The van der Waals surface area contributed by atoms with Gasteiger partial charge in [0.1, 0.15) is 0 Å². The summed E-state index contributed by atoms with van der Waals surface area (Å²) < 4.78 is 0. The van der Waals surface area contributed by atoms with Crippen LogP contribution in [-0.4, -0.2) is 18.1 Å². The molecule has 1 heterocycles. The largest absolute Gasteiger partial charge is 0.255 e. The van der Waals surface area contributed by atoms with Gasteiger partial charge in [-0.15, -0.1) is 0 Å². The fourth-order valence-corrected chi connectivity index (χ4v) is 0.541. The summed E-state index contributed by atoms with van der Waals surface area (Å²) in [4.78, 5) is 7.54. The van der Waals surface area contributed by atoms with Crippen LogP contribution in [0.3, 0.4) is 0 Å². The predicted octanol–water partition coefficient (Wildman–Crippen LogP) is 1.05. The van der Waals surface area contributed by atoms with E-state index in [1.165, 1.54) is 0 Å². The Labute approximate surface area is 46.9 Å². The molecular formula is C4H5ClN2. The minimum atomic E-state index is -0.353. The van der Waals surface area contributed by atoms with E-state index in [4.69, 9.17) is 11.6 Å². The lowest BCUT2D eigenvalue weighted by Crippen LogP contribution is -1.96. The smallest absolute Gasteiger partial charge is 0.213 e. The van der Waals surface area contributed by atoms with E-state index in [0.717, 1.165) is 6.42 Å². The number of rotatable bonds is 0. The molecule has 0 aromatic rings. The summed E-state index contributed by atoms with van der Waals surface area (Å²) in [6, 6.07) is 0. The molecule has 0 spiro atoms. The third-order valence-electron chi connectivity index (χ3n) is 0.668. The standard InChI is InChI=1S/C4H5ClN2/c5-4-6-2-1-3-7-4/h2-4H,1H2. The maximum Gasteiger partial charge on any atom is 0.213 e. The van der Waals surface area contributed by atoms with E-state index in [1.54, 1.807) is 12.4 Å². The molecule has 1 aliphatic heterocycles. The zero-order valence-electron chi connectivity index (χ0n) is 3.71. The molecule has 0 unspecified atom stereocenters. The van der Waals surface area contributed by atoms with Crippen molar-refractivity contribution in [1.29, 1.82) is 0 Å². The second-order valence-corrected chi connectivity index (χ2v) is 1.60. The van der Waals surface area contributed by atoms with Crippen molar-refractivity contribution in [3.63, 3.8) is 0 Å². The summed E-state index contributed by atoms with van der Waals surface area (Å²) in [6.45, 7) is 0. The average molecular weight is 117 g/mol. The Morgan fingerprint density at radius 2 is 2.00 bits per heavy atom. The number of aliphatic imine (C=N–C) groups is 2. The lowest BCUT2D eigenvalue weighted by atomic mass is 10.5. The van der Waals surface area contributed by atoms with Crippen LogP contribution in [-0.2, 0) is 0 Å². The minimum absolute atomic E-state index is 0.353. The first-order valence-electron chi connectivity index (χ1n) is 2.07. The molecule has 3 heteroatoms. The number of halogens is 1. The van der Waals surface area contributed by atoms with Crippen LogP contribution >= 0.6 is 11.6 Å². The van der Waals surface area contributed by atoms with Crippen LogP contribution in [0.5, 0.6) is 0 Å². The fourth-order valence-electron chi connectivity index (χ4n) is 0.381. The minimum Gasteiger partial charge on any atom is -0.255 e. The summed E-state index contributed by atoms with van der Waals surface area (Å²) in [6.07, 6.45) is 4.33. The van der Waals surface area contributed by atoms with Gasteiger partial charge in [0, 0.05) is 18.9 Å². The molecule has 0 radical (unpaired) electrons. The maximum absolute atomic E-state index is 5.42. The predicted molar refractivity (Wildman–Crippen MR) is 31.2 cm³/mol. The van der Waals surface area contributed by atoms with E-state index in [-0.39, 0.29) is 5.62 Å². The molecule has 38 valence electrons. The molecule has 0 aliphatic carbocycles. The van der Waals surface area contributed by atoms with Gasteiger partial charge in [0.25, 0.3) is 0 Å². The maximum atomic E-state index is 5.42. The monoisotopic (exact) mass is 116 g/mol. The van der Waals surface area contributed by atoms with Crippen molar-refractivity contribution in [2.45, 2.75) is 12.0 Å². The Hall–Kier alpha value is -0.370. The van der Waals surface area contributed by atoms with Gasteiger partial charge in [-0.05, 0) is 0 Å². The number of nitrogens with zero attached hydrogens (tertiary/aromatic N) is 2. The van der Waals surface area contributed by atoms with Gasteiger partial charge in [-0.25, -0.2) is 0 Å². The number of alkyl halides is 1. The summed E-state index contributed by atoms with van der Waals surface area (Å²) in [5.74, 6) is 0. The van der Waals surface area contributed by atoms with E-state index in [0.29, 0.717) is 0 Å². The second-order valence-electron chi connectivity index (χ2n) is 1.21. The molecule has 0 amide bonds. The molecule has 0 fully saturated rings. The van der Waals surface area contributed by atoms with Crippen molar-refractivity contribution < 1.29 is 0 Å². The lowest BCUT2D eigenvalue weighted by molar-refractivity contribution is 0.966. The topological polar surface area (TPSA) is 24.7 Å². The first-order chi connectivity index (χ1) is 3.39. The summed E-state index contributed by atoms with van der Waals surface area (Å²) in [5, 5.41) is 0. The van der Waals surface area contributed by atoms with Crippen LogP contribution < -0.4 is 0 Å². The quantitative estimate of drug-likeness (QED) is 0.334. The lowest BCUT2D eigenvalue weighted by Gasteiger charge is -1.97. The van der Waals surface area contributed by atoms with E-state index in [9.17, 15) is 0 Å². The van der Waals surface area contributed by atoms with Crippen LogP contribution in [0.25, 0.3) is 0 Å². The molecule has 1 rings (SSSR count). The summed E-state index contributed by atoms with van der Waals surface area (Å²) in [5.41, 5.74) is -0.353. The molecule has 0 aromatic carbocycles. The zero-order chi connectivity index (χ0) is 5.11. The Balaban J connectivity index is 2.49. The first kappa shape index (κ1) is 4.78. The van der Waals surface area contributed by atoms with Crippen molar-refractivity contribution >= 4 is 24.0 Å². The Kier molecular flexibility index (Phi) is 1.42. The van der Waals surface area contributed by atoms with Crippen molar-refractivity contribution in [2.75, 3.05) is 0 Å². The fraction of sp³-hybridized carbons (Fsp3) is 0.500. The highest BCUT2D eigenvalue weighted by Gasteiger charge is 1.94. The molecule has 2 nitrogen and oxygen atoms in total. The SMILES string of the molecule is ClC1N=CCC=N1. The van der Waals surface area contributed by atoms with Gasteiger partial charge in [0.05, 0.1) is 0 Å². The Morgan fingerprint density at radius 3 is 2.29 bits per heavy atom. The third-order valence-corrected chi connectivity index (χ3v) is 0.893. The highest BCUT2D eigenvalue weighted by atomic mass is 35.5. The van der Waals surface area contributed by atoms with Crippen LogP contribution in [0.4, 0.5) is 0 Å². The Morgan fingerprint density at radius 1 is 1.43 bits per heavy atom. The molecule has 0 atom stereocenters. The molecule has 0 aromatic heterocycles. The van der Waals surface area contributed by atoms with Gasteiger partial charge in [-0.2, -0.15) is 0 Å². The molecule has 0 saturated carbocycles. The normalized spacial score (nSPS) is 20.7. The van der Waals surface area contributed by atoms with Gasteiger partial charge in [0.15, 0.2) is 0 Å². The zero-order valence-corrected chi connectivity index (χ0v) is 4.47. The van der Waals surface area contributed by atoms with Gasteiger partial charge in [-0.1, -0.05) is 11.6 Å². The average Bonchev–Trinajstić information content (AvgIpc) is 1.69. The molecule has 0 saturated heterocycles. The van der Waals surface area contributed by atoms with E-state index < -0.39 is 0 Å². The number of hydrogen-bond donors (Lipinski definition) is 0. The number of hydrogen-bond acceptors (Lipinski definition) is 2. The van der Waals surface area contributed by atoms with Gasteiger partial charge in [-0.3, -0.25) is 9.98 Å². The van der Waals surface area contributed by atoms with Crippen LogP contribution in [0.2, 0.25) is 0 Å². The van der Waals surface area contributed by atoms with Crippen molar-refractivity contribution in [2.24, 2.45) is 9.98 Å². The highest BCUT2D eigenvalue weighted by molar-refractivity contribution is 6.21.